The molecule has 0 radical (unpaired) electrons. The first-order chi connectivity index (χ1) is 11.5. The lowest BCUT2D eigenvalue weighted by Gasteiger charge is -2.60. The lowest BCUT2D eigenvalue weighted by atomic mass is 9.55. The first kappa shape index (κ1) is 16.4. The molecular formula is C19H30N2O3. The number of rotatable bonds is 3. The van der Waals surface area contributed by atoms with E-state index in [1.54, 1.807) is 0 Å². The number of likely N-dealkylation sites (tertiary alicyclic amines) is 1. The lowest BCUT2D eigenvalue weighted by molar-refractivity contribution is -0.194. The molecule has 0 aromatic rings. The molecule has 0 aromatic heterocycles. The number of hydrogen-bond acceptors (Lipinski definition) is 3. The summed E-state index contributed by atoms with van der Waals surface area (Å²) in [5.41, 5.74) is 0.0311. The number of carbonyl (C=O) groups excluding carboxylic acids is 2. The van der Waals surface area contributed by atoms with Crippen molar-refractivity contribution in [3.8, 4) is 0 Å². The van der Waals surface area contributed by atoms with Crippen molar-refractivity contribution in [2.45, 2.75) is 64.5 Å². The Kier molecular flexibility index (Phi) is 4.10. The van der Waals surface area contributed by atoms with Gasteiger partial charge in [-0.3, -0.25) is 9.59 Å². The number of hydrogen-bond donors (Lipinski definition) is 1. The molecular weight excluding hydrogens is 304 g/mol. The van der Waals surface area contributed by atoms with Crippen LogP contribution in [0.15, 0.2) is 0 Å². The monoisotopic (exact) mass is 334 g/mol. The quantitative estimate of drug-likeness (QED) is 0.858. The van der Waals surface area contributed by atoms with Crippen LogP contribution in [0.2, 0.25) is 0 Å². The van der Waals surface area contributed by atoms with Crippen molar-refractivity contribution in [2.24, 2.45) is 23.2 Å². The third-order valence-corrected chi connectivity index (χ3v) is 6.73. The summed E-state index contributed by atoms with van der Waals surface area (Å²) in [6.07, 6.45) is 6.29. The second-order valence-electron chi connectivity index (χ2n) is 8.78. The maximum atomic E-state index is 12.7. The van der Waals surface area contributed by atoms with E-state index >= 15 is 0 Å². The van der Waals surface area contributed by atoms with Gasteiger partial charge in [0, 0.05) is 48.9 Å². The minimum Gasteiger partial charge on any atom is -0.377 e. The predicted molar refractivity (Wildman–Crippen MR) is 90.2 cm³/mol. The Bertz CT molecular complexity index is 521. The molecule has 0 aromatic carbocycles. The predicted octanol–water partition coefficient (Wildman–Crippen LogP) is 1.95. The SMILES string of the molecule is CC1(C)[C@H](NC(=O)C2CCN(C(=O)C3CC3)CC2)[C@@H]2CCCO[C@@H]21. The van der Waals surface area contributed by atoms with Crippen molar-refractivity contribution in [3.63, 3.8) is 0 Å². The highest BCUT2D eigenvalue weighted by Crippen LogP contribution is 2.51. The number of nitrogens with one attached hydrogen (secondary N) is 1. The Balaban J connectivity index is 1.30. The summed E-state index contributed by atoms with van der Waals surface area (Å²) in [6, 6.07) is 0.237. The highest BCUT2D eigenvalue weighted by molar-refractivity contribution is 5.82. The summed E-state index contributed by atoms with van der Waals surface area (Å²) in [7, 11) is 0. The van der Waals surface area contributed by atoms with E-state index in [0.717, 1.165) is 58.2 Å². The van der Waals surface area contributed by atoms with Crippen LogP contribution in [-0.2, 0) is 14.3 Å². The largest absolute Gasteiger partial charge is 0.377 e. The number of ether oxygens (including phenoxy) is 1. The zero-order valence-corrected chi connectivity index (χ0v) is 14.9. The second-order valence-corrected chi connectivity index (χ2v) is 8.78. The van der Waals surface area contributed by atoms with E-state index in [-0.39, 0.29) is 29.2 Å². The van der Waals surface area contributed by atoms with Gasteiger partial charge in [-0.05, 0) is 38.5 Å². The second kappa shape index (κ2) is 6.01. The smallest absolute Gasteiger partial charge is 0.225 e. The van der Waals surface area contributed by atoms with Gasteiger partial charge in [-0.1, -0.05) is 13.8 Å². The van der Waals surface area contributed by atoms with Gasteiger partial charge in [0.1, 0.15) is 0 Å². The Labute approximate surface area is 144 Å². The van der Waals surface area contributed by atoms with Gasteiger partial charge >= 0.3 is 0 Å². The maximum absolute atomic E-state index is 12.7. The molecule has 2 heterocycles. The molecule has 4 rings (SSSR count). The number of amides is 2. The fourth-order valence-corrected chi connectivity index (χ4v) is 5.04. The van der Waals surface area contributed by atoms with Crippen LogP contribution in [0.3, 0.4) is 0 Å². The maximum Gasteiger partial charge on any atom is 0.225 e. The van der Waals surface area contributed by atoms with Gasteiger partial charge in [0.25, 0.3) is 0 Å². The van der Waals surface area contributed by atoms with Crippen molar-refractivity contribution >= 4 is 11.8 Å². The molecule has 0 unspecified atom stereocenters. The van der Waals surface area contributed by atoms with Gasteiger partial charge in [-0.2, -0.15) is 0 Å². The van der Waals surface area contributed by atoms with Gasteiger partial charge < -0.3 is 15.0 Å². The molecule has 2 aliphatic carbocycles. The molecule has 3 atom stereocenters. The van der Waals surface area contributed by atoms with Crippen LogP contribution in [0.25, 0.3) is 0 Å². The van der Waals surface area contributed by atoms with E-state index in [1.165, 1.54) is 0 Å². The normalized spacial score (nSPS) is 35.8. The molecule has 2 amide bonds. The lowest BCUT2D eigenvalue weighted by Crippen LogP contribution is -2.70. The minimum atomic E-state index is 0.0311. The van der Waals surface area contributed by atoms with E-state index in [4.69, 9.17) is 4.74 Å². The van der Waals surface area contributed by atoms with Gasteiger partial charge in [-0.15, -0.1) is 0 Å². The minimum absolute atomic E-state index is 0.0311. The highest BCUT2D eigenvalue weighted by atomic mass is 16.5. The highest BCUT2D eigenvalue weighted by Gasteiger charge is 2.58. The molecule has 4 fully saturated rings. The Morgan fingerprint density at radius 1 is 1.04 bits per heavy atom. The molecule has 24 heavy (non-hydrogen) atoms. The summed E-state index contributed by atoms with van der Waals surface area (Å²) in [5, 5.41) is 3.33. The fourth-order valence-electron chi connectivity index (χ4n) is 5.04. The third-order valence-electron chi connectivity index (χ3n) is 6.73. The van der Waals surface area contributed by atoms with Crippen molar-refractivity contribution in [3.05, 3.63) is 0 Å². The number of piperidine rings is 1. The Morgan fingerprint density at radius 2 is 1.75 bits per heavy atom. The molecule has 2 saturated carbocycles. The van der Waals surface area contributed by atoms with E-state index in [2.05, 4.69) is 19.2 Å². The van der Waals surface area contributed by atoms with E-state index < -0.39 is 0 Å². The van der Waals surface area contributed by atoms with Gasteiger partial charge in [0.15, 0.2) is 0 Å². The molecule has 0 bridgehead atoms. The van der Waals surface area contributed by atoms with Crippen molar-refractivity contribution in [1.82, 2.24) is 10.2 Å². The van der Waals surface area contributed by atoms with Crippen LogP contribution in [0, 0.1) is 23.2 Å². The molecule has 4 aliphatic rings. The summed E-state index contributed by atoms with van der Waals surface area (Å²) in [5.74, 6) is 1.34. The van der Waals surface area contributed by atoms with Crippen LogP contribution >= 0.6 is 0 Å². The molecule has 1 N–H and O–H groups in total. The van der Waals surface area contributed by atoms with Gasteiger partial charge in [0.05, 0.1) is 6.10 Å². The van der Waals surface area contributed by atoms with E-state index in [0.29, 0.717) is 17.9 Å². The topological polar surface area (TPSA) is 58.6 Å². The summed E-state index contributed by atoms with van der Waals surface area (Å²) >= 11 is 0. The molecule has 134 valence electrons. The first-order valence-electron chi connectivity index (χ1n) is 9.69. The summed E-state index contributed by atoms with van der Waals surface area (Å²) in [4.78, 5) is 26.8. The standard InChI is InChI=1S/C19H30N2O3/c1-19(2)15(14-4-3-11-24-16(14)19)20-17(22)12-7-9-21(10-8-12)18(23)13-5-6-13/h12-16H,3-11H2,1-2H3,(H,20,22)/t14-,15+,16-/m0/s1. The zero-order valence-electron chi connectivity index (χ0n) is 14.9. The average molecular weight is 334 g/mol. The molecule has 2 aliphatic heterocycles. The summed E-state index contributed by atoms with van der Waals surface area (Å²) in [6.45, 7) is 6.77. The van der Waals surface area contributed by atoms with Crippen LogP contribution < -0.4 is 5.32 Å². The number of fused-ring (bicyclic) bond motifs is 1. The number of carbonyl (C=O) groups is 2. The van der Waals surface area contributed by atoms with E-state index in [1.807, 2.05) is 4.90 Å². The third kappa shape index (κ3) is 2.75. The first-order valence-corrected chi connectivity index (χ1v) is 9.69. The van der Waals surface area contributed by atoms with Gasteiger partial charge in [0.2, 0.25) is 11.8 Å². The van der Waals surface area contributed by atoms with Gasteiger partial charge in [-0.25, -0.2) is 0 Å². The fraction of sp³-hybridized carbons (Fsp3) is 0.895. The average Bonchev–Trinajstić information content (AvgIpc) is 3.44. The number of nitrogens with zero attached hydrogens (tertiary/aromatic N) is 1. The molecule has 2 saturated heterocycles. The Hall–Kier alpha value is -1.10. The van der Waals surface area contributed by atoms with Crippen LogP contribution in [0.5, 0.6) is 0 Å². The molecule has 5 heteroatoms. The Morgan fingerprint density at radius 3 is 2.42 bits per heavy atom. The van der Waals surface area contributed by atoms with E-state index in [9.17, 15) is 9.59 Å². The van der Waals surface area contributed by atoms with Crippen molar-refractivity contribution < 1.29 is 14.3 Å². The summed E-state index contributed by atoms with van der Waals surface area (Å²) < 4.78 is 5.92. The van der Waals surface area contributed by atoms with Crippen LogP contribution in [0.4, 0.5) is 0 Å². The molecule has 5 nitrogen and oxygen atoms in total. The molecule has 0 spiro atoms. The van der Waals surface area contributed by atoms with Crippen LogP contribution in [-0.4, -0.2) is 48.6 Å². The van der Waals surface area contributed by atoms with Crippen molar-refractivity contribution in [2.75, 3.05) is 19.7 Å². The zero-order chi connectivity index (χ0) is 16.9. The van der Waals surface area contributed by atoms with Crippen LogP contribution in [0.1, 0.15) is 52.4 Å². The van der Waals surface area contributed by atoms with Crippen molar-refractivity contribution in [1.29, 1.82) is 0 Å².